The average Bonchev–Trinajstić information content (AvgIpc) is 2.16. The van der Waals surface area contributed by atoms with Crippen LogP contribution >= 0.6 is 11.6 Å². The largest absolute Gasteiger partial charge is 0.388 e. The molecule has 0 saturated carbocycles. The van der Waals surface area contributed by atoms with Crippen LogP contribution in [0.1, 0.15) is 25.5 Å². The second-order valence-corrected chi connectivity index (χ2v) is 5.62. The Balaban J connectivity index is 2.84. The summed E-state index contributed by atoms with van der Waals surface area (Å²) >= 11 is 5.83. The van der Waals surface area contributed by atoms with Gasteiger partial charge in [-0.25, -0.2) is 0 Å². The van der Waals surface area contributed by atoms with Crippen LogP contribution in [0.3, 0.4) is 0 Å². The molecule has 1 N–H and O–H groups in total. The summed E-state index contributed by atoms with van der Waals surface area (Å²) in [5, 5.41) is 11.0. The monoisotopic (exact) mass is 241 g/mol. The minimum atomic E-state index is -0.479. The lowest BCUT2D eigenvalue weighted by Crippen LogP contribution is -2.33. The summed E-state index contributed by atoms with van der Waals surface area (Å²) in [7, 11) is 4.02. The average molecular weight is 242 g/mol. The third kappa shape index (κ3) is 3.48. The van der Waals surface area contributed by atoms with Gasteiger partial charge < -0.3 is 10.0 Å². The number of halogens is 1. The normalized spacial score (nSPS) is 14.2. The summed E-state index contributed by atoms with van der Waals surface area (Å²) in [6.45, 7) is 4.95. The minimum absolute atomic E-state index is 0.183. The highest BCUT2D eigenvalue weighted by Gasteiger charge is 2.29. The first kappa shape index (κ1) is 13.5. The molecule has 0 radical (unpaired) electrons. The van der Waals surface area contributed by atoms with Crippen molar-refractivity contribution >= 4 is 11.6 Å². The molecule has 0 heterocycles. The van der Waals surface area contributed by atoms with Crippen LogP contribution in [-0.2, 0) is 0 Å². The number of benzene rings is 1. The highest BCUT2D eigenvalue weighted by molar-refractivity contribution is 6.30. The summed E-state index contributed by atoms with van der Waals surface area (Å²) < 4.78 is 0. The Morgan fingerprint density at radius 2 is 1.75 bits per heavy atom. The zero-order chi connectivity index (χ0) is 12.3. The Morgan fingerprint density at radius 3 is 2.19 bits per heavy atom. The zero-order valence-electron chi connectivity index (χ0n) is 10.4. The van der Waals surface area contributed by atoms with E-state index in [1.807, 2.05) is 38.4 Å². The van der Waals surface area contributed by atoms with E-state index in [4.69, 9.17) is 11.6 Å². The summed E-state index contributed by atoms with van der Waals surface area (Å²) in [6.07, 6.45) is -0.479. The van der Waals surface area contributed by atoms with Crippen LogP contribution < -0.4 is 0 Å². The Bertz CT molecular complexity index is 332. The number of nitrogens with zero attached hydrogens (tertiary/aromatic N) is 1. The molecule has 0 saturated heterocycles. The number of aliphatic hydroxyl groups excluding tert-OH is 1. The van der Waals surface area contributed by atoms with Crippen molar-refractivity contribution in [2.24, 2.45) is 5.41 Å². The van der Waals surface area contributed by atoms with E-state index in [9.17, 15) is 5.11 Å². The Kier molecular flexibility index (Phi) is 4.36. The van der Waals surface area contributed by atoms with Crippen LogP contribution in [0.2, 0.25) is 5.02 Å². The second-order valence-electron chi connectivity index (χ2n) is 5.18. The maximum Gasteiger partial charge on any atom is 0.0853 e. The molecule has 0 unspecified atom stereocenters. The van der Waals surface area contributed by atoms with Gasteiger partial charge in [0.25, 0.3) is 0 Å². The van der Waals surface area contributed by atoms with Crippen LogP contribution in [0, 0.1) is 5.41 Å². The van der Waals surface area contributed by atoms with Gasteiger partial charge >= 0.3 is 0 Å². The molecule has 1 aromatic rings. The van der Waals surface area contributed by atoms with Crippen molar-refractivity contribution < 1.29 is 5.11 Å². The Morgan fingerprint density at radius 1 is 1.25 bits per heavy atom. The van der Waals surface area contributed by atoms with Gasteiger partial charge in [0.1, 0.15) is 0 Å². The Hall–Kier alpha value is -0.570. The number of hydrogen-bond donors (Lipinski definition) is 1. The molecule has 1 atom stereocenters. The van der Waals surface area contributed by atoms with Crippen molar-refractivity contribution in [1.29, 1.82) is 0 Å². The fourth-order valence-electron chi connectivity index (χ4n) is 2.00. The molecule has 0 aliphatic carbocycles. The minimum Gasteiger partial charge on any atom is -0.388 e. The van der Waals surface area contributed by atoms with E-state index in [1.54, 1.807) is 0 Å². The molecule has 0 spiro atoms. The molecular weight excluding hydrogens is 222 g/mol. The maximum absolute atomic E-state index is 10.3. The van der Waals surface area contributed by atoms with Gasteiger partial charge in [-0.2, -0.15) is 0 Å². The van der Waals surface area contributed by atoms with E-state index in [1.165, 1.54) is 0 Å². The molecule has 0 bridgehead atoms. The lowest BCUT2D eigenvalue weighted by atomic mass is 9.82. The third-order valence-corrected chi connectivity index (χ3v) is 2.90. The highest BCUT2D eigenvalue weighted by Crippen LogP contribution is 2.34. The molecule has 90 valence electrons. The zero-order valence-corrected chi connectivity index (χ0v) is 11.1. The molecule has 0 aliphatic rings. The molecule has 0 aliphatic heterocycles. The van der Waals surface area contributed by atoms with Gasteiger partial charge in [0.05, 0.1) is 6.10 Å². The number of aliphatic hydroxyl groups is 1. The van der Waals surface area contributed by atoms with Crippen molar-refractivity contribution in [3.63, 3.8) is 0 Å². The van der Waals surface area contributed by atoms with E-state index in [-0.39, 0.29) is 5.41 Å². The fourth-order valence-corrected chi connectivity index (χ4v) is 2.12. The van der Waals surface area contributed by atoms with Gasteiger partial charge in [0.15, 0.2) is 0 Å². The van der Waals surface area contributed by atoms with Crippen LogP contribution in [0.4, 0.5) is 0 Å². The third-order valence-electron chi connectivity index (χ3n) is 2.65. The van der Waals surface area contributed by atoms with Crippen LogP contribution in [0.15, 0.2) is 24.3 Å². The first-order valence-electron chi connectivity index (χ1n) is 5.41. The number of hydrogen-bond acceptors (Lipinski definition) is 2. The molecule has 0 aromatic heterocycles. The molecule has 3 heteroatoms. The van der Waals surface area contributed by atoms with Crippen molar-refractivity contribution in [2.75, 3.05) is 20.6 Å². The molecule has 2 nitrogen and oxygen atoms in total. The predicted octanol–water partition coefficient (Wildman–Crippen LogP) is 2.96. The van der Waals surface area contributed by atoms with Crippen molar-refractivity contribution in [3.05, 3.63) is 34.9 Å². The smallest absolute Gasteiger partial charge is 0.0853 e. The fraction of sp³-hybridized carbons (Fsp3) is 0.538. The van der Waals surface area contributed by atoms with Crippen molar-refractivity contribution in [2.45, 2.75) is 20.0 Å². The van der Waals surface area contributed by atoms with Crippen molar-refractivity contribution in [3.8, 4) is 0 Å². The second kappa shape index (κ2) is 5.17. The highest BCUT2D eigenvalue weighted by atomic mass is 35.5. The topological polar surface area (TPSA) is 23.5 Å². The van der Waals surface area contributed by atoms with E-state index < -0.39 is 6.10 Å². The number of rotatable bonds is 4. The van der Waals surface area contributed by atoms with Crippen LogP contribution in [-0.4, -0.2) is 30.6 Å². The van der Waals surface area contributed by atoms with Crippen molar-refractivity contribution in [1.82, 2.24) is 4.90 Å². The summed E-state index contributed by atoms with van der Waals surface area (Å²) in [5.74, 6) is 0. The van der Waals surface area contributed by atoms with E-state index >= 15 is 0 Å². The molecule has 0 amide bonds. The van der Waals surface area contributed by atoms with Gasteiger partial charge in [-0.1, -0.05) is 37.6 Å². The first-order chi connectivity index (χ1) is 7.33. The van der Waals surface area contributed by atoms with Gasteiger partial charge in [-0.15, -0.1) is 0 Å². The lowest BCUT2D eigenvalue weighted by Gasteiger charge is -2.33. The Labute approximate surface area is 103 Å². The molecule has 1 aromatic carbocycles. The molecule has 0 fully saturated rings. The summed E-state index contributed by atoms with van der Waals surface area (Å²) in [6, 6.07) is 7.38. The molecular formula is C13H20ClNO. The standard InChI is InChI=1S/C13H20ClNO/c1-13(2,9-15(3)4)12(16)10-5-7-11(14)8-6-10/h5-8,12,16H,9H2,1-4H3/t12-/m1/s1. The SMILES string of the molecule is CN(C)CC(C)(C)[C@H](O)c1ccc(Cl)cc1. The quantitative estimate of drug-likeness (QED) is 0.876. The van der Waals surface area contributed by atoms with Gasteiger partial charge in [-0.3, -0.25) is 0 Å². The van der Waals surface area contributed by atoms with E-state index in [2.05, 4.69) is 18.7 Å². The first-order valence-corrected chi connectivity index (χ1v) is 5.79. The summed E-state index contributed by atoms with van der Waals surface area (Å²) in [4.78, 5) is 2.08. The molecule has 16 heavy (non-hydrogen) atoms. The van der Waals surface area contributed by atoms with Gasteiger partial charge in [-0.05, 0) is 31.8 Å². The summed E-state index contributed by atoms with van der Waals surface area (Å²) in [5.41, 5.74) is 0.730. The lowest BCUT2D eigenvalue weighted by molar-refractivity contribution is 0.0307. The predicted molar refractivity (Wildman–Crippen MR) is 68.7 cm³/mol. The van der Waals surface area contributed by atoms with Crippen LogP contribution in [0.5, 0.6) is 0 Å². The van der Waals surface area contributed by atoms with Gasteiger partial charge in [0, 0.05) is 17.0 Å². The molecule has 1 rings (SSSR count). The van der Waals surface area contributed by atoms with E-state index in [0.717, 1.165) is 12.1 Å². The maximum atomic E-state index is 10.3. The van der Waals surface area contributed by atoms with Crippen LogP contribution in [0.25, 0.3) is 0 Å². The van der Waals surface area contributed by atoms with Gasteiger partial charge in [0.2, 0.25) is 0 Å². The van der Waals surface area contributed by atoms with E-state index in [0.29, 0.717) is 5.02 Å².